The van der Waals surface area contributed by atoms with Gasteiger partial charge in [0.2, 0.25) is 0 Å². The highest BCUT2D eigenvalue weighted by molar-refractivity contribution is 5.85. The molecule has 0 aromatic heterocycles. The van der Waals surface area contributed by atoms with E-state index in [2.05, 4.69) is 11.9 Å². The summed E-state index contributed by atoms with van der Waals surface area (Å²) in [6.07, 6.45) is 9.69. The van der Waals surface area contributed by atoms with Crippen LogP contribution in [0.2, 0.25) is 0 Å². The smallest absolute Gasteiger partial charge is 0.309 e. The molecule has 1 atom stereocenters. The monoisotopic (exact) mass is 347 g/mol. The number of carbonyl (C=O) groups excluding carboxylic acids is 1. The van der Waals surface area contributed by atoms with Crippen LogP contribution in [0.1, 0.15) is 71.6 Å². The van der Waals surface area contributed by atoms with Crippen LogP contribution in [0.15, 0.2) is 4.99 Å². The van der Waals surface area contributed by atoms with Gasteiger partial charge in [-0.3, -0.25) is 9.79 Å². The standard InChI is InChI=1S/C17H33N3O2.ClH/c1-3-4-5-6-7-13(2)22-16(21)15-10-8-14(9-11-15)12-20-17(18)19;/h13-15H,3-12H2,1-2H3,(H4,18,19,20);1H. The maximum Gasteiger partial charge on any atom is 0.309 e. The maximum absolute atomic E-state index is 12.2. The maximum atomic E-state index is 12.2. The van der Waals surface area contributed by atoms with Crippen LogP contribution in [0.3, 0.4) is 0 Å². The zero-order valence-electron chi connectivity index (χ0n) is 14.6. The van der Waals surface area contributed by atoms with Gasteiger partial charge in [0.25, 0.3) is 0 Å². The van der Waals surface area contributed by atoms with Gasteiger partial charge in [-0.15, -0.1) is 12.4 Å². The molecule has 4 N–H and O–H groups in total. The Morgan fingerprint density at radius 2 is 1.83 bits per heavy atom. The Bertz CT molecular complexity index is 352. The molecule has 0 radical (unpaired) electrons. The molecule has 0 amide bonds. The summed E-state index contributed by atoms with van der Waals surface area (Å²) in [7, 11) is 0. The number of rotatable bonds is 9. The third-order valence-electron chi connectivity index (χ3n) is 4.49. The molecule has 0 heterocycles. The summed E-state index contributed by atoms with van der Waals surface area (Å²) in [5, 5.41) is 0. The third-order valence-corrected chi connectivity index (χ3v) is 4.49. The van der Waals surface area contributed by atoms with Crippen molar-refractivity contribution in [2.45, 2.75) is 77.7 Å². The average Bonchev–Trinajstić information content (AvgIpc) is 2.50. The van der Waals surface area contributed by atoms with E-state index in [0.29, 0.717) is 12.5 Å². The Morgan fingerprint density at radius 1 is 1.17 bits per heavy atom. The molecule has 6 heteroatoms. The van der Waals surface area contributed by atoms with Gasteiger partial charge in [-0.05, 0) is 51.4 Å². The van der Waals surface area contributed by atoms with E-state index < -0.39 is 0 Å². The topological polar surface area (TPSA) is 90.7 Å². The molecular weight excluding hydrogens is 314 g/mol. The minimum atomic E-state index is -0.0109. The lowest BCUT2D eigenvalue weighted by molar-refractivity contribution is -0.155. The molecule has 0 spiro atoms. The van der Waals surface area contributed by atoms with Gasteiger partial charge in [0.05, 0.1) is 12.0 Å². The highest BCUT2D eigenvalue weighted by Crippen LogP contribution is 2.30. The van der Waals surface area contributed by atoms with Crippen LogP contribution in [0.5, 0.6) is 0 Å². The fraction of sp³-hybridized carbons (Fsp3) is 0.882. The highest BCUT2D eigenvalue weighted by Gasteiger charge is 2.28. The van der Waals surface area contributed by atoms with Crippen LogP contribution in [0.25, 0.3) is 0 Å². The van der Waals surface area contributed by atoms with E-state index in [1.54, 1.807) is 0 Å². The van der Waals surface area contributed by atoms with Crippen LogP contribution in [-0.2, 0) is 9.53 Å². The van der Waals surface area contributed by atoms with E-state index in [1.165, 1.54) is 19.3 Å². The molecule has 0 saturated heterocycles. The lowest BCUT2D eigenvalue weighted by atomic mass is 9.82. The van der Waals surface area contributed by atoms with E-state index in [-0.39, 0.29) is 36.4 Å². The van der Waals surface area contributed by atoms with Crippen molar-refractivity contribution in [3.05, 3.63) is 0 Å². The summed E-state index contributed by atoms with van der Waals surface area (Å²) in [6, 6.07) is 0. The molecule has 23 heavy (non-hydrogen) atoms. The van der Waals surface area contributed by atoms with Gasteiger partial charge in [-0.2, -0.15) is 0 Å². The number of nitrogens with two attached hydrogens (primary N) is 2. The summed E-state index contributed by atoms with van der Waals surface area (Å²) in [5.41, 5.74) is 10.7. The fourth-order valence-corrected chi connectivity index (χ4v) is 3.03. The number of nitrogens with zero attached hydrogens (tertiary/aromatic N) is 1. The minimum Gasteiger partial charge on any atom is -0.462 e. The molecule has 0 bridgehead atoms. The van der Waals surface area contributed by atoms with Crippen LogP contribution in [0, 0.1) is 11.8 Å². The van der Waals surface area contributed by atoms with Gasteiger partial charge in [0.1, 0.15) is 0 Å². The largest absolute Gasteiger partial charge is 0.462 e. The SMILES string of the molecule is CCCCCCC(C)OC(=O)C1CCC(CN=C(N)N)CC1.Cl. The first-order valence-corrected chi connectivity index (χ1v) is 8.78. The quantitative estimate of drug-likeness (QED) is 0.289. The van der Waals surface area contributed by atoms with E-state index in [1.807, 2.05) is 6.92 Å². The van der Waals surface area contributed by atoms with Crippen molar-refractivity contribution in [2.24, 2.45) is 28.3 Å². The fourth-order valence-electron chi connectivity index (χ4n) is 3.03. The second kappa shape index (κ2) is 12.5. The molecule has 0 aromatic rings. The zero-order chi connectivity index (χ0) is 16.4. The third kappa shape index (κ3) is 9.69. The first kappa shape index (κ1) is 22.0. The summed E-state index contributed by atoms with van der Waals surface area (Å²) in [6.45, 7) is 4.89. The predicted molar refractivity (Wildman–Crippen MR) is 97.7 cm³/mol. The molecule has 1 fully saturated rings. The van der Waals surface area contributed by atoms with Crippen LogP contribution < -0.4 is 11.5 Å². The molecule has 0 aromatic carbocycles. The van der Waals surface area contributed by atoms with Crippen LogP contribution in [-0.4, -0.2) is 24.6 Å². The Labute approximate surface area is 147 Å². The molecule has 1 saturated carbocycles. The van der Waals surface area contributed by atoms with E-state index >= 15 is 0 Å². The van der Waals surface area contributed by atoms with E-state index in [0.717, 1.165) is 38.5 Å². The Morgan fingerprint density at radius 3 is 2.39 bits per heavy atom. The number of hydrogen-bond acceptors (Lipinski definition) is 3. The number of unbranched alkanes of at least 4 members (excludes halogenated alkanes) is 3. The van der Waals surface area contributed by atoms with Gasteiger partial charge in [0, 0.05) is 6.54 Å². The Hall–Kier alpha value is -0.970. The molecule has 0 aliphatic heterocycles. The van der Waals surface area contributed by atoms with Gasteiger partial charge in [-0.1, -0.05) is 26.2 Å². The number of halogens is 1. The van der Waals surface area contributed by atoms with Crippen molar-refractivity contribution >= 4 is 24.3 Å². The van der Waals surface area contributed by atoms with Gasteiger partial charge in [0.15, 0.2) is 5.96 Å². The van der Waals surface area contributed by atoms with Crippen LogP contribution >= 0.6 is 12.4 Å². The summed E-state index contributed by atoms with van der Waals surface area (Å²) >= 11 is 0. The van der Waals surface area contributed by atoms with Gasteiger partial charge in [-0.25, -0.2) is 0 Å². The number of guanidine groups is 1. The van der Waals surface area contributed by atoms with Crippen LogP contribution in [0.4, 0.5) is 0 Å². The Balaban J connectivity index is 0.00000484. The zero-order valence-corrected chi connectivity index (χ0v) is 15.4. The number of carbonyl (C=O) groups is 1. The summed E-state index contributed by atoms with van der Waals surface area (Å²) in [4.78, 5) is 16.3. The van der Waals surface area contributed by atoms with Gasteiger partial charge >= 0.3 is 5.97 Å². The van der Waals surface area contributed by atoms with Crippen molar-refractivity contribution in [2.75, 3.05) is 6.54 Å². The Kier molecular flexibility index (Phi) is 11.9. The molecular formula is C17H34ClN3O2. The molecule has 1 rings (SSSR count). The van der Waals surface area contributed by atoms with Crippen molar-refractivity contribution in [3.63, 3.8) is 0 Å². The van der Waals surface area contributed by atoms with Gasteiger partial charge < -0.3 is 16.2 Å². The molecule has 1 aliphatic carbocycles. The average molecular weight is 348 g/mol. The first-order valence-electron chi connectivity index (χ1n) is 8.78. The lowest BCUT2D eigenvalue weighted by Gasteiger charge is -2.27. The molecule has 5 nitrogen and oxygen atoms in total. The highest BCUT2D eigenvalue weighted by atomic mass is 35.5. The van der Waals surface area contributed by atoms with Crippen molar-refractivity contribution < 1.29 is 9.53 Å². The van der Waals surface area contributed by atoms with Crippen molar-refractivity contribution in [1.82, 2.24) is 0 Å². The summed E-state index contributed by atoms with van der Waals surface area (Å²) < 4.78 is 5.60. The van der Waals surface area contributed by atoms with E-state index in [4.69, 9.17) is 16.2 Å². The number of ether oxygens (including phenoxy) is 1. The number of aliphatic imine (C=N–C) groups is 1. The molecule has 1 unspecified atom stereocenters. The molecule has 136 valence electrons. The predicted octanol–water partition coefficient (Wildman–Crippen LogP) is 3.39. The number of esters is 1. The molecule has 1 aliphatic rings. The van der Waals surface area contributed by atoms with Crippen molar-refractivity contribution in [1.29, 1.82) is 0 Å². The van der Waals surface area contributed by atoms with E-state index in [9.17, 15) is 4.79 Å². The van der Waals surface area contributed by atoms with Crippen molar-refractivity contribution in [3.8, 4) is 0 Å². The lowest BCUT2D eigenvalue weighted by Crippen LogP contribution is -2.28. The minimum absolute atomic E-state index is 0. The number of hydrogen-bond donors (Lipinski definition) is 2. The normalized spacial score (nSPS) is 21.8. The first-order chi connectivity index (χ1) is 10.5. The summed E-state index contributed by atoms with van der Waals surface area (Å²) in [5.74, 6) is 0.702. The second-order valence-electron chi connectivity index (χ2n) is 6.58. The second-order valence-corrected chi connectivity index (χ2v) is 6.58.